The number of hydrogen-bond donors (Lipinski definition) is 0. The molecule has 0 saturated carbocycles. The smallest absolute Gasteiger partial charge is 0.339 e. The standard InChI is InChI=1S/C15H12N2O6/c1-10-2-3-12(8-13(10)17(21)22)14(18)9-23-15(19)11-4-6-16(20)7-5-11/h2-8H,9H2,1H3. The fourth-order valence-corrected chi connectivity index (χ4v) is 1.83. The van der Waals surface area contributed by atoms with Crippen molar-refractivity contribution in [1.29, 1.82) is 0 Å². The maximum absolute atomic E-state index is 12.0. The Kier molecular flexibility index (Phi) is 4.65. The zero-order valence-corrected chi connectivity index (χ0v) is 12.1. The van der Waals surface area contributed by atoms with Crippen molar-refractivity contribution in [3.63, 3.8) is 0 Å². The summed E-state index contributed by atoms with van der Waals surface area (Å²) >= 11 is 0. The number of rotatable bonds is 5. The number of nitro groups is 1. The van der Waals surface area contributed by atoms with Crippen molar-refractivity contribution < 1.29 is 24.0 Å². The number of pyridine rings is 1. The minimum Gasteiger partial charge on any atom is -0.619 e. The van der Waals surface area contributed by atoms with Gasteiger partial charge in [0.05, 0.1) is 10.5 Å². The van der Waals surface area contributed by atoms with E-state index in [0.717, 1.165) is 18.5 Å². The van der Waals surface area contributed by atoms with Crippen LogP contribution in [0.15, 0.2) is 42.7 Å². The largest absolute Gasteiger partial charge is 0.619 e. The first-order valence-electron chi connectivity index (χ1n) is 6.52. The molecular formula is C15H12N2O6. The lowest BCUT2D eigenvalue weighted by atomic mass is 10.1. The Labute approximate surface area is 130 Å². The molecule has 1 aromatic carbocycles. The summed E-state index contributed by atoms with van der Waals surface area (Å²) < 4.78 is 5.35. The van der Waals surface area contributed by atoms with Crippen LogP contribution < -0.4 is 4.73 Å². The van der Waals surface area contributed by atoms with E-state index >= 15 is 0 Å². The van der Waals surface area contributed by atoms with E-state index in [1.165, 1.54) is 24.3 Å². The summed E-state index contributed by atoms with van der Waals surface area (Å²) in [6.07, 6.45) is 2.25. The first-order chi connectivity index (χ1) is 10.9. The van der Waals surface area contributed by atoms with Gasteiger partial charge in [0.15, 0.2) is 19.0 Å². The fourth-order valence-electron chi connectivity index (χ4n) is 1.83. The molecule has 0 saturated heterocycles. The number of aromatic nitrogens is 1. The zero-order chi connectivity index (χ0) is 17.0. The average Bonchev–Trinajstić information content (AvgIpc) is 2.53. The van der Waals surface area contributed by atoms with Gasteiger partial charge in [-0.3, -0.25) is 14.9 Å². The third kappa shape index (κ3) is 3.88. The number of nitro benzene ring substituents is 1. The summed E-state index contributed by atoms with van der Waals surface area (Å²) in [5.74, 6) is -1.32. The first-order valence-corrected chi connectivity index (χ1v) is 6.52. The number of aryl methyl sites for hydroxylation is 1. The molecular weight excluding hydrogens is 304 g/mol. The van der Waals surface area contributed by atoms with E-state index in [1.807, 2.05) is 0 Å². The second-order valence-electron chi connectivity index (χ2n) is 4.70. The van der Waals surface area contributed by atoms with Crippen molar-refractivity contribution in [2.24, 2.45) is 0 Å². The number of nitrogens with zero attached hydrogens (tertiary/aromatic N) is 2. The lowest BCUT2D eigenvalue weighted by Crippen LogP contribution is -2.24. The minimum absolute atomic E-state index is 0.0839. The van der Waals surface area contributed by atoms with Crippen LogP contribution in [0.1, 0.15) is 26.3 Å². The van der Waals surface area contributed by atoms with E-state index in [4.69, 9.17) is 4.74 Å². The van der Waals surface area contributed by atoms with Crippen molar-refractivity contribution in [2.45, 2.75) is 6.92 Å². The molecule has 0 aliphatic rings. The molecule has 0 atom stereocenters. The Morgan fingerprint density at radius 3 is 2.43 bits per heavy atom. The fraction of sp³-hybridized carbons (Fsp3) is 0.133. The molecule has 0 N–H and O–H groups in total. The van der Waals surface area contributed by atoms with Crippen LogP contribution in [0.2, 0.25) is 0 Å². The van der Waals surface area contributed by atoms with Crippen LogP contribution in [0.3, 0.4) is 0 Å². The predicted molar refractivity (Wildman–Crippen MR) is 77.8 cm³/mol. The predicted octanol–water partition coefficient (Wildman–Crippen LogP) is 1.58. The number of benzene rings is 1. The molecule has 2 aromatic rings. The van der Waals surface area contributed by atoms with Gasteiger partial charge in [-0.05, 0) is 6.92 Å². The lowest BCUT2D eigenvalue weighted by Gasteiger charge is -2.05. The summed E-state index contributed by atoms with van der Waals surface area (Å²) in [5, 5.41) is 21.7. The third-order valence-electron chi connectivity index (χ3n) is 3.10. The van der Waals surface area contributed by atoms with Crippen LogP contribution in [0, 0.1) is 22.2 Å². The van der Waals surface area contributed by atoms with Crippen molar-refractivity contribution in [3.05, 3.63) is 74.7 Å². The van der Waals surface area contributed by atoms with E-state index in [1.54, 1.807) is 6.92 Å². The molecule has 0 aliphatic carbocycles. The molecule has 118 valence electrons. The molecule has 0 aliphatic heterocycles. The Balaban J connectivity index is 2.05. The zero-order valence-electron chi connectivity index (χ0n) is 12.1. The number of ketones is 1. The van der Waals surface area contributed by atoms with E-state index in [9.17, 15) is 24.9 Å². The van der Waals surface area contributed by atoms with Crippen LogP contribution in [-0.4, -0.2) is 23.3 Å². The van der Waals surface area contributed by atoms with Gasteiger partial charge in [0, 0.05) is 29.3 Å². The molecule has 1 aromatic heterocycles. The van der Waals surface area contributed by atoms with Crippen molar-refractivity contribution >= 4 is 17.4 Å². The van der Waals surface area contributed by atoms with Gasteiger partial charge in [0.2, 0.25) is 5.78 Å². The summed E-state index contributed by atoms with van der Waals surface area (Å²) in [4.78, 5) is 34.0. The van der Waals surface area contributed by atoms with Crippen LogP contribution in [-0.2, 0) is 4.74 Å². The second-order valence-corrected chi connectivity index (χ2v) is 4.70. The molecule has 8 heteroatoms. The Morgan fingerprint density at radius 2 is 1.83 bits per heavy atom. The van der Waals surface area contributed by atoms with Crippen LogP contribution in [0.4, 0.5) is 5.69 Å². The third-order valence-corrected chi connectivity index (χ3v) is 3.10. The number of carbonyl (C=O) groups is 2. The van der Waals surface area contributed by atoms with Gasteiger partial charge in [0.25, 0.3) is 5.69 Å². The van der Waals surface area contributed by atoms with Gasteiger partial charge >= 0.3 is 5.97 Å². The molecule has 0 unspecified atom stereocenters. The van der Waals surface area contributed by atoms with E-state index < -0.39 is 23.3 Å². The van der Waals surface area contributed by atoms with Gasteiger partial charge in [-0.15, -0.1) is 0 Å². The molecule has 23 heavy (non-hydrogen) atoms. The summed E-state index contributed by atoms with van der Waals surface area (Å²) in [6, 6.07) is 6.56. The normalized spacial score (nSPS) is 10.1. The van der Waals surface area contributed by atoms with Crippen LogP contribution >= 0.6 is 0 Å². The molecule has 8 nitrogen and oxygen atoms in total. The number of ether oxygens (including phenoxy) is 1. The summed E-state index contributed by atoms with van der Waals surface area (Å²) in [5.41, 5.74) is 0.462. The maximum atomic E-state index is 12.0. The summed E-state index contributed by atoms with van der Waals surface area (Å²) in [7, 11) is 0. The molecule has 0 spiro atoms. The van der Waals surface area contributed by atoms with Gasteiger partial charge < -0.3 is 9.94 Å². The van der Waals surface area contributed by atoms with Crippen LogP contribution in [0.25, 0.3) is 0 Å². The van der Waals surface area contributed by atoms with Gasteiger partial charge in [-0.25, -0.2) is 4.79 Å². The number of esters is 1. The van der Waals surface area contributed by atoms with Gasteiger partial charge in [0.1, 0.15) is 0 Å². The molecule has 0 radical (unpaired) electrons. The molecule has 2 rings (SSSR count). The summed E-state index contributed by atoms with van der Waals surface area (Å²) in [6.45, 7) is 1.01. The first kappa shape index (κ1) is 16.1. The highest BCUT2D eigenvalue weighted by atomic mass is 16.6. The van der Waals surface area contributed by atoms with E-state index in [0.29, 0.717) is 10.3 Å². The topological polar surface area (TPSA) is 113 Å². The van der Waals surface area contributed by atoms with Gasteiger partial charge in [-0.2, -0.15) is 4.73 Å². The maximum Gasteiger partial charge on any atom is 0.339 e. The minimum atomic E-state index is -0.763. The monoisotopic (exact) mass is 316 g/mol. The lowest BCUT2D eigenvalue weighted by molar-refractivity contribution is -0.605. The SMILES string of the molecule is Cc1ccc(C(=O)COC(=O)c2cc[n+]([O-])cc2)cc1[N+](=O)[O-]. The highest BCUT2D eigenvalue weighted by molar-refractivity contribution is 5.99. The van der Waals surface area contributed by atoms with Crippen molar-refractivity contribution in [3.8, 4) is 0 Å². The molecule has 1 heterocycles. The average molecular weight is 316 g/mol. The Bertz CT molecular complexity index is 770. The molecule has 0 fully saturated rings. The van der Waals surface area contributed by atoms with Crippen molar-refractivity contribution in [1.82, 2.24) is 0 Å². The second kappa shape index (κ2) is 6.65. The van der Waals surface area contributed by atoms with E-state index in [2.05, 4.69) is 0 Å². The van der Waals surface area contributed by atoms with Gasteiger partial charge in [-0.1, -0.05) is 12.1 Å². The highest BCUT2D eigenvalue weighted by Crippen LogP contribution is 2.19. The quantitative estimate of drug-likeness (QED) is 0.207. The highest BCUT2D eigenvalue weighted by Gasteiger charge is 2.17. The number of hydrogen-bond acceptors (Lipinski definition) is 6. The number of Topliss-reactive ketones (excluding diaryl/α,β-unsaturated/α-hetero) is 1. The van der Waals surface area contributed by atoms with Crippen molar-refractivity contribution in [2.75, 3.05) is 6.61 Å². The molecule has 0 bridgehead atoms. The molecule has 0 amide bonds. The number of carbonyl (C=O) groups excluding carboxylic acids is 2. The Hall–Kier alpha value is -3.29. The van der Waals surface area contributed by atoms with Crippen LogP contribution in [0.5, 0.6) is 0 Å². The van der Waals surface area contributed by atoms with E-state index in [-0.39, 0.29) is 16.8 Å². The Morgan fingerprint density at radius 1 is 1.17 bits per heavy atom.